The third kappa shape index (κ3) is 1.54. The van der Waals surface area contributed by atoms with E-state index in [0.29, 0.717) is 0 Å². The fourth-order valence-corrected chi connectivity index (χ4v) is 1.44. The van der Waals surface area contributed by atoms with Crippen molar-refractivity contribution >= 4 is 0 Å². The van der Waals surface area contributed by atoms with E-state index in [4.69, 9.17) is 0 Å². The Labute approximate surface area is 84.6 Å². The van der Waals surface area contributed by atoms with Crippen molar-refractivity contribution in [2.75, 3.05) is 0 Å². The van der Waals surface area contributed by atoms with E-state index < -0.39 is 45.8 Å². The molecule has 0 bridgehead atoms. The van der Waals surface area contributed by atoms with Crippen LogP contribution in [0.25, 0.3) is 0 Å². The van der Waals surface area contributed by atoms with Crippen molar-refractivity contribution in [1.82, 2.24) is 32.0 Å². The lowest BCUT2D eigenvalue weighted by Gasteiger charge is -2.46. The first-order valence-corrected chi connectivity index (χ1v) is 4.06. The van der Waals surface area contributed by atoms with Crippen LogP contribution in [0.3, 0.4) is 0 Å². The molecule has 2 heterocycles. The van der Waals surface area contributed by atoms with E-state index in [1.54, 1.807) is 10.9 Å². The van der Waals surface area contributed by atoms with E-state index in [9.17, 15) is 26.7 Å². The van der Waals surface area contributed by atoms with Gasteiger partial charge in [0.05, 0.1) is 10.7 Å². The minimum absolute atomic E-state index is 0.966. The van der Waals surface area contributed by atoms with Gasteiger partial charge in [0.15, 0.2) is 12.5 Å². The lowest BCUT2D eigenvalue weighted by molar-refractivity contribution is -0.559. The second-order valence-electron chi connectivity index (χ2n) is 3.13. The SMILES string of the molecule is FC1NNC2C(C1F)N(F)N(F)N(F)N2F. The maximum atomic E-state index is 13.2. The zero-order chi connectivity index (χ0) is 12.0. The maximum Gasteiger partial charge on any atom is 0.196 e. The van der Waals surface area contributed by atoms with Crippen molar-refractivity contribution in [3.05, 3.63) is 0 Å². The predicted octanol–water partition coefficient (Wildman–Crippen LogP) is -0.0728. The summed E-state index contributed by atoms with van der Waals surface area (Å²) in [5.41, 5.74) is 3.38. The first kappa shape index (κ1) is 11.8. The summed E-state index contributed by atoms with van der Waals surface area (Å²) in [7, 11) is 0. The number of hydrogen-bond donors (Lipinski definition) is 2. The van der Waals surface area contributed by atoms with Gasteiger partial charge in [0.2, 0.25) is 0 Å². The molecule has 94 valence electrons. The molecule has 2 fully saturated rings. The monoisotopic (exact) mass is 252 g/mol. The molecule has 4 unspecified atom stereocenters. The zero-order valence-electron chi connectivity index (χ0n) is 7.37. The third-order valence-electron chi connectivity index (χ3n) is 2.23. The first-order chi connectivity index (χ1) is 7.45. The molecule has 0 aliphatic carbocycles. The van der Waals surface area contributed by atoms with Gasteiger partial charge >= 0.3 is 0 Å². The number of fused-ring (bicyclic) bond motifs is 1. The summed E-state index contributed by atoms with van der Waals surface area (Å²) >= 11 is 0. The lowest BCUT2D eigenvalue weighted by Crippen LogP contribution is -2.77. The molecular formula is C4H6F6N6. The van der Waals surface area contributed by atoms with Gasteiger partial charge < -0.3 is 0 Å². The van der Waals surface area contributed by atoms with Gasteiger partial charge in [-0.05, 0) is 10.5 Å². The van der Waals surface area contributed by atoms with Crippen molar-refractivity contribution < 1.29 is 26.7 Å². The first-order valence-electron chi connectivity index (χ1n) is 4.06. The Morgan fingerprint density at radius 1 is 0.812 bits per heavy atom. The summed E-state index contributed by atoms with van der Waals surface area (Å²) in [5, 5.41) is -4.91. The van der Waals surface area contributed by atoms with E-state index in [1.165, 1.54) is 0 Å². The van der Waals surface area contributed by atoms with Crippen LogP contribution in [-0.4, -0.2) is 45.8 Å². The van der Waals surface area contributed by atoms with Gasteiger partial charge in [0, 0.05) is 0 Å². The van der Waals surface area contributed by atoms with E-state index in [2.05, 4.69) is 0 Å². The Hall–Kier alpha value is -0.660. The van der Waals surface area contributed by atoms with E-state index >= 15 is 0 Å². The van der Waals surface area contributed by atoms with Crippen molar-refractivity contribution in [2.45, 2.75) is 24.7 Å². The molecule has 2 saturated heterocycles. The molecule has 0 amide bonds. The minimum Gasteiger partial charge on any atom is -0.241 e. The second-order valence-corrected chi connectivity index (χ2v) is 3.13. The molecule has 0 aromatic carbocycles. The maximum absolute atomic E-state index is 13.2. The van der Waals surface area contributed by atoms with Crippen LogP contribution in [0.1, 0.15) is 0 Å². The molecule has 6 nitrogen and oxygen atoms in total. The molecule has 12 heteroatoms. The van der Waals surface area contributed by atoms with Crippen LogP contribution in [0.15, 0.2) is 0 Å². The van der Waals surface area contributed by atoms with E-state index in [0.717, 1.165) is 0 Å². The van der Waals surface area contributed by atoms with Crippen LogP contribution in [0.2, 0.25) is 0 Å². The van der Waals surface area contributed by atoms with Gasteiger partial charge in [-0.15, -0.1) is 8.96 Å². The topological polar surface area (TPSA) is 37.0 Å². The molecule has 2 rings (SSSR count). The summed E-state index contributed by atoms with van der Waals surface area (Å²) in [5.74, 6) is 0. The molecule has 2 aliphatic rings. The molecule has 2 aliphatic heterocycles. The molecule has 0 saturated carbocycles. The minimum atomic E-state index is -2.60. The molecule has 4 atom stereocenters. The van der Waals surface area contributed by atoms with Gasteiger partial charge in [-0.1, -0.05) is 8.96 Å². The number of nitrogens with one attached hydrogen (secondary N) is 2. The van der Waals surface area contributed by atoms with Crippen LogP contribution in [-0.2, 0) is 0 Å². The average Bonchev–Trinajstić information content (AvgIpc) is 2.27. The predicted molar refractivity (Wildman–Crippen MR) is 35.4 cm³/mol. The fraction of sp³-hybridized carbons (Fsp3) is 1.00. The van der Waals surface area contributed by atoms with Crippen LogP contribution < -0.4 is 10.9 Å². The summed E-state index contributed by atoms with van der Waals surface area (Å²) < 4.78 is 77.0. The number of rotatable bonds is 0. The summed E-state index contributed by atoms with van der Waals surface area (Å²) in [6.45, 7) is 0. The largest absolute Gasteiger partial charge is 0.241 e. The van der Waals surface area contributed by atoms with Crippen LogP contribution >= 0.6 is 0 Å². The highest BCUT2D eigenvalue weighted by Crippen LogP contribution is 2.31. The number of hydrogen-bond acceptors (Lipinski definition) is 6. The molecule has 0 radical (unpaired) electrons. The molecule has 2 N–H and O–H groups in total. The van der Waals surface area contributed by atoms with E-state index in [1.807, 2.05) is 0 Å². The molecule has 16 heavy (non-hydrogen) atoms. The Kier molecular flexibility index (Phi) is 2.93. The smallest absolute Gasteiger partial charge is 0.196 e. The zero-order valence-corrected chi connectivity index (χ0v) is 7.37. The standard InChI is InChI=1S/C4H6F6N6/c5-1-2-4(12-11-3(1)6)14(8)16(10)15(9)13(2)7/h1-4,11-12H. The molecule has 0 spiro atoms. The van der Waals surface area contributed by atoms with Crippen molar-refractivity contribution in [1.29, 1.82) is 0 Å². The van der Waals surface area contributed by atoms with Crippen molar-refractivity contribution in [3.8, 4) is 0 Å². The highest BCUT2D eigenvalue weighted by Gasteiger charge is 2.57. The molecule has 0 aromatic heterocycles. The summed E-state index contributed by atoms with van der Waals surface area (Å²) in [4.78, 5) is 0. The Morgan fingerprint density at radius 3 is 2.00 bits per heavy atom. The average molecular weight is 252 g/mol. The number of halogens is 6. The van der Waals surface area contributed by atoms with Gasteiger partial charge in [-0.3, -0.25) is 0 Å². The molecule has 0 aromatic rings. The van der Waals surface area contributed by atoms with Crippen molar-refractivity contribution in [2.24, 2.45) is 0 Å². The summed E-state index contributed by atoms with van der Waals surface area (Å²) in [6, 6.07) is -2.22. The Bertz CT molecular complexity index is 269. The van der Waals surface area contributed by atoms with Crippen LogP contribution in [0.5, 0.6) is 0 Å². The van der Waals surface area contributed by atoms with Gasteiger partial charge in [-0.2, -0.15) is 0 Å². The number of nitrogens with zero attached hydrogens (tertiary/aromatic N) is 4. The Morgan fingerprint density at radius 2 is 1.38 bits per heavy atom. The highest BCUT2D eigenvalue weighted by atomic mass is 19.3. The third-order valence-corrected chi connectivity index (χ3v) is 2.23. The van der Waals surface area contributed by atoms with Gasteiger partial charge in [-0.25, -0.2) is 19.6 Å². The van der Waals surface area contributed by atoms with Crippen molar-refractivity contribution in [3.63, 3.8) is 0 Å². The number of alkyl halides is 2. The summed E-state index contributed by atoms with van der Waals surface area (Å²) in [6.07, 6.45) is -6.95. The highest BCUT2D eigenvalue weighted by molar-refractivity contribution is 4.91. The molecular weight excluding hydrogens is 246 g/mol. The van der Waals surface area contributed by atoms with Gasteiger partial charge in [0.1, 0.15) is 12.2 Å². The Balaban J connectivity index is 2.24. The lowest BCUT2D eigenvalue weighted by atomic mass is 10.1. The van der Waals surface area contributed by atoms with Crippen LogP contribution in [0, 0.1) is 0 Å². The van der Waals surface area contributed by atoms with Crippen LogP contribution in [0.4, 0.5) is 26.7 Å². The fourth-order valence-electron chi connectivity index (χ4n) is 1.44. The van der Waals surface area contributed by atoms with E-state index in [-0.39, 0.29) is 0 Å². The quantitative estimate of drug-likeness (QED) is 0.357. The number of hydrazine groups is 4. The second kappa shape index (κ2) is 3.97. The normalized spacial score (nSPS) is 44.6. The van der Waals surface area contributed by atoms with Gasteiger partial charge in [0.25, 0.3) is 0 Å².